The molecule has 0 aliphatic rings. The van der Waals surface area contributed by atoms with Crippen LogP contribution in [0.3, 0.4) is 0 Å². The van der Waals surface area contributed by atoms with Crippen molar-refractivity contribution < 1.29 is 27.8 Å². The Morgan fingerprint density at radius 1 is 1.14 bits per heavy atom. The van der Waals surface area contributed by atoms with E-state index in [9.17, 15) is 13.2 Å². The number of aliphatic hydroxyl groups excluding tert-OH is 1. The molecule has 0 saturated heterocycles. The Labute approximate surface area is 122 Å². The fourth-order valence-electron chi connectivity index (χ4n) is 1.65. The minimum Gasteiger partial charge on any atom is -0.491 e. The van der Waals surface area contributed by atoms with Gasteiger partial charge in [0.05, 0.1) is 18.8 Å². The van der Waals surface area contributed by atoms with Crippen molar-refractivity contribution in [3.8, 4) is 5.75 Å². The smallest absolute Gasteiger partial charge is 0.419 e. The van der Waals surface area contributed by atoms with Crippen LogP contribution >= 0.6 is 0 Å². The van der Waals surface area contributed by atoms with Gasteiger partial charge in [0.2, 0.25) is 0 Å². The van der Waals surface area contributed by atoms with Gasteiger partial charge in [-0.3, -0.25) is 0 Å². The second kappa shape index (κ2) is 8.24. The van der Waals surface area contributed by atoms with Gasteiger partial charge in [-0.1, -0.05) is 19.9 Å². The Hall–Kier alpha value is -1.27. The molecule has 0 atom stereocenters. The van der Waals surface area contributed by atoms with Crippen LogP contribution in [0.5, 0.6) is 5.75 Å². The molecule has 0 unspecified atom stereocenters. The summed E-state index contributed by atoms with van der Waals surface area (Å²) in [6.07, 6.45) is -3.61. The molecular formula is C15H21F3O3. The van der Waals surface area contributed by atoms with Gasteiger partial charge >= 0.3 is 6.18 Å². The van der Waals surface area contributed by atoms with Gasteiger partial charge in [-0.15, -0.1) is 0 Å². The molecule has 0 bridgehead atoms. The van der Waals surface area contributed by atoms with Gasteiger partial charge < -0.3 is 14.6 Å². The minimum atomic E-state index is -4.51. The minimum absolute atomic E-state index is 0.0552. The second-order valence-electron chi connectivity index (χ2n) is 5.13. The normalized spacial score (nSPS) is 12.0. The average molecular weight is 306 g/mol. The highest BCUT2D eigenvalue weighted by Crippen LogP contribution is 2.36. The summed E-state index contributed by atoms with van der Waals surface area (Å²) < 4.78 is 49.1. The van der Waals surface area contributed by atoms with Gasteiger partial charge in [0, 0.05) is 6.61 Å². The SMILES string of the molecule is CC(C)CCOCCOc1ccc(CO)cc1C(F)(F)F. The van der Waals surface area contributed by atoms with E-state index in [-0.39, 0.29) is 24.5 Å². The highest BCUT2D eigenvalue weighted by molar-refractivity contribution is 5.39. The summed E-state index contributed by atoms with van der Waals surface area (Å²) in [5.41, 5.74) is -0.681. The number of benzene rings is 1. The van der Waals surface area contributed by atoms with Crippen molar-refractivity contribution in [1.29, 1.82) is 0 Å². The third-order valence-corrected chi connectivity index (χ3v) is 2.86. The predicted octanol–water partition coefficient (Wildman–Crippen LogP) is 3.64. The summed E-state index contributed by atoms with van der Waals surface area (Å²) in [4.78, 5) is 0. The lowest BCUT2D eigenvalue weighted by atomic mass is 10.1. The van der Waals surface area contributed by atoms with Crippen molar-refractivity contribution in [2.75, 3.05) is 19.8 Å². The maximum Gasteiger partial charge on any atom is 0.419 e. The van der Waals surface area contributed by atoms with Gasteiger partial charge in [0.1, 0.15) is 12.4 Å². The molecule has 1 aromatic rings. The number of ether oxygens (including phenoxy) is 2. The van der Waals surface area contributed by atoms with Crippen LogP contribution in [0.25, 0.3) is 0 Å². The largest absolute Gasteiger partial charge is 0.491 e. The molecule has 0 amide bonds. The van der Waals surface area contributed by atoms with E-state index < -0.39 is 18.3 Å². The van der Waals surface area contributed by atoms with Crippen LogP contribution in [0, 0.1) is 5.92 Å². The molecule has 120 valence electrons. The van der Waals surface area contributed by atoms with Crippen molar-refractivity contribution in [2.45, 2.75) is 33.1 Å². The van der Waals surface area contributed by atoms with Crippen LogP contribution in [0.4, 0.5) is 13.2 Å². The summed E-state index contributed by atoms with van der Waals surface area (Å²) in [6.45, 7) is 4.56. The van der Waals surface area contributed by atoms with Gasteiger partial charge in [0.15, 0.2) is 0 Å². The molecule has 0 heterocycles. The molecule has 0 aromatic heterocycles. The molecule has 21 heavy (non-hydrogen) atoms. The Morgan fingerprint density at radius 3 is 2.43 bits per heavy atom. The quantitative estimate of drug-likeness (QED) is 0.745. The lowest BCUT2D eigenvalue weighted by Gasteiger charge is -2.15. The maximum atomic E-state index is 12.9. The summed E-state index contributed by atoms with van der Waals surface area (Å²) in [5, 5.41) is 8.91. The number of aliphatic hydroxyl groups is 1. The van der Waals surface area contributed by atoms with Crippen LogP contribution < -0.4 is 4.74 Å². The van der Waals surface area contributed by atoms with Crippen molar-refractivity contribution in [3.05, 3.63) is 29.3 Å². The van der Waals surface area contributed by atoms with Crippen molar-refractivity contribution >= 4 is 0 Å². The molecule has 3 nitrogen and oxygen atoms in total. The molecule has 6 heteroatoms. The number of halogens is 3. The topological polar surface area (TPSA) is 38.7 Å². The monoisotopic (exact) mass is 306 g/mol. The van der Waals surface area contributed by atoms with E-state index in [2.05, 4.69) is 13.8 Å². The van der Waals surface area contributed by atoms with Gasteiger partial charge in [-0.05, 0) is 30.0 Å². The van der Waals surface area contributed by atoms with Gasteiger partial charge in [0.25, 0.3) is 0 Å². The Bertz CT molecular complexity index is 431. The fourth-order valence-corrected chi connectivity index (χ4v) is 1.65. The molecule has 0 saturated carbocycles. The Morgan fingerprint density at radius 2 is 1.86 bits per heavy atom. The first-order valence-corrected chi connectivity index (χ1v) is 6.86. The molecule has 0 fully saturated rings. The van der Waals surface area contributed by atoms with E-state index in [1.165, 1.54) is 12.1 Å². The molecule has 1 aromatic carbocycles. The zero-order valence-corrected chi connectivity index (χ0v) is 12.2. The lowest BCUT2D eigenvalue weighted by Crippen LogP contribution is -2.13. The van der Waals surface area contributed by atoms with Gasteiger partial charge in [-0.25, -0.2) is 0 Å². The van der Waals surface area contributed by atoms with Crippen molar-refractivity contribution in [2.24, 2.45) is 5.92 Å². The molecule has 0 spiro atoms. The Kier molecular flexibility index (Phi) is 6.98. The number of hydrogen-bond acceptors (Lipinski definition) is 3. The van der Waals surface area contributed by atoms with E-state index in [0.717, 1.165) is 12.5 Å². The lowest BCUT2D eigenvalue weighted by molar-refractivity contribution is -0.139. The maximum absolute atomic E-state index is 12.9. The molecular weight excluding hydrogens is 285 g/mol. The van der Waals surface area contributed by atoms with Crippen LogP contribution in [-0.4, -0.2) is 24.9 Å². The van der Waals surface area contributed by atoms with Crippen LogP contribution in [0.15, 0.2) is 18.2 Å². The highest BCUT2D eigenvalue weighted by atomic mass is 19.4. The van der Waals surface area contributed by atoms with E-state index in [0.29, 0.717) is 12.5 Å². The molecule has 1 rings (SSSR count). The molecule has 1 N–H and O–H groups in total. The number of alkyl halides is 3. The van der Waals surface area contributed by atoms with E-state index >= 15 is 0 Å². The number of hydrogen-bond donors (Lipinski definition) is 1. The molecule has 0 aliphatic carbocycles. The highest BCUT2D eigenvalue weighted by Gasteiger charge is 2.34. The van der Waals surface area contributed by atoms with Crippen LogP contribution in [0.1, 0.15) is 31.4 Å². The third kappa shape index (κ3) is 6.35. The molecule has 0 aliphatic heterocycles. The first-order valence-electron chi connectivity index (χ1n) is 6.86. The van der Waals surface area contributed by atoms with Gasteiger partial charge in [-0.2, -0.15) is 13.2 Å². The van der Waals surface area contributed by atoms with E-state index in [4.69, 9.17) is 14.6 Å². The number of rotatable bonds is 8. The van der Waals surface area contributed by atoms with E-state index in [1.807, 2.05) is 0 Å². The predicted molar refractivity (Wildman–Crippen MR) is 73.1 cm³/mol. The second-order valence-corrected chi connectivity index (χ2v) is 5.13. The Balaban J connectivity index is 2.54. The summed E-state index contributed by atoms with van der Waals surface area (Å²) in [7, 11) is 0. The fraction of sp³-hybridized carbons (Fsp3) is 0.600. The first kappa shape index (κ1) is 17.8. The van der Waals surface area contributed by atoms with Crippen LogP contribution in [-0.2, 0) is 17.5 Å². The van der Waals surface area contributed by atoms with Crippen molar-refractivity contribution in [1.82, 2.24) is 0 Å². The summed E-state index contributed by atoms with van der Waals surface area (Å²) >= 11 is 0. The first-order chi connectivity index (χ1) is 9.84. The zero-order valence-electron chi connectivity index (χ0n) is 12.2. The zero-order chi connectivity index (χ0) is 15.9. The van der Waals surface area contributed by atoms with Crippen LogP contribution in [0.2, 0.25) is 0 Å². The summed E-state index contributed by atoms with van der Waals surface area (Å²) in [5.74, 6) is 0.279. The summed E-state index contributed by atoms with van der Waals surface area (Å²) in [6, 6.07) is 3.53. The van der Waals surface area contributed by atoms with Crippen molar-refractivity contribution in [3.63, 3.8) is 0 Å². The van der Waals surface area contributed by atoms with E-state index in [1.54, 1.807) is 0 Å². The standard InChI is InChI=1S/C15H21F3O3/c1-11(2)5-6-20-7-8-21-14-4-3-12(10-19)9-13(14)15(16,17)18/h3-4,9,11,19H,5-8,10H2,1-2H3. The average Bonchev–Trinajstić information content (AvgIpc) is 2.41. The molecule has 0 radical (unpaired) electrons. The third-order valence-electron chi connectivity index (χ3n) is 2.86.